The molecule has 1 amide bonds. The molecule has 5 aliphatic rings. The second-order valence-electron chi connectivity index (χ2n) is 23.5. The summed E-state index contributed by atoms with van der Waals surface area (Å²) in [6, 6.07) is -1.34. The molecular formula is C63H91IN4O23S3. The van der Waals surface area contributed by atoms with Crippen LogP contribution >= 0.6 is 55.9 Å². The Kier molecular flexibility index (Phi) is 31.0. The van der Waals surface area contributed by atoms with Gasteiger partial charge in [0, 0.05) is 62.6 Å². The molecule has 10 N–H and O–H groups in total. The number of aliphatic carboxylic acids is 1. The number of rotatable bonds is 28. The van der Waals surface area contributed by atoms with Gasteiger partial charge in [0.25, 0.3) is 0 Å². The van der Waals surface area contributed by atoms with E-state index in [-0.39, 0.29) is 88.6 Å². The average molecular weight is 1500 g/mol. The van der Waals surface area contributed by atoms with E-state index in [9.17, 15) is 44.7 Å². The lowest BCUT2D eigenvalue weighted by molar-refractivity contribution is -0.336. The van der Waals surface area contributed by atoms with Crippen LogP contribution in [0.3, 0.4) is 0 Å². The number of likely N-dealkylation sites (N-methyl/N-ethyl adjacent to an activating group) is 1. The van der Waals surface area contributed by atoms with E-state index in [1.807, 2.05) is 43.4 Å². The monoisotopic (exact) mass is 1490 g/mol. The largest absolute Gasteiger partial charge is 0.492 e. The molecule has 1 aromatic carbocycles. The summed E-state index contributed by atoms with van der Waals surface area (Å²) in [6.07, 6.45) is -14.3. The number of aliphatic hydroxyl groups excluding tert-OH is 4. The van der Waals surface area contributed by atoms with Crippen LogP contribution in [0.5, 0.6) is 17.2 Å². The number of Topliss-reactive ketones (excluding diaryl/α,β-unsaturated/α-hetero) is 1. The number of hydrogen-bond acceptors (Lipinski definition) is 28. The van der Waals surface area contributed by atoms with Gasteiger partial charge in [-0.15, -0.1) is 5.92 Å². The van der Waals surface area contributed by atoms with Crippen LogP contribution in [0.15, 0.2) is 35.1 Å². The van der Waals surface area contributed by atoms with Crippen molar-refractivity contribution in [3.8, 4) is 40.9 Å². The normalized spacial score (nSPS) is 32.2. The van der Waals surface area contributed by atoms with E-state index in [4.69, 9.17) is 66.8 Å². The summed E-state index contributed by atoms with van der Waals surface area (Å²) >= 11 is 2.81. The fraction of sp³-hybridized carbons (Fsp3) is 0.683. The first-order chi connectivity index (χ1) is 44.6. The van der Waals surface area contributed by atoms with Crippen LogP contribution in [0.25, 0.3) is 0 Å². The molecule has 6 rings (SSSR count). The standard InChI is InChI=1S/C63H91IN4O23S3/c1-15-17-18-19-20-21-39(45-35(63(9,78)28-38(70)48(45)67-61(77)83-14)23-25-92-94-62(7,8)30-65-24-22-41(71)72)88-60-55(89-42-27-40(79-10)36(29-84-42)66-16-2)50(74)47(32(4)86-60)68-91-43-26-37(69)57(34(6)85-43)93-58(76)44-31(3)46(64)53(56(82-13)52(44)80-11)90-59-51(75)54(81-12)49(73)33(5)87-59/h18-19,23,32-34,36-37,39-40,42-43,47,49-51,54-55,57,59-60,65-66,68-69,73-75,78H,16,22,24-30H2,1-14H3,(H,67,77)(H,71,72)/b19-18-,35-23+/t32-,33+,34-,36+,37+,39+,40+,42+,43+,47-,49+,50-,51-,54-,55-,57-,59+,60+,63+/m1/s1. The van der Waals surface area contributed by atoms with Crippen LogP contribution < -0.4 is 35.6 Å². The number of carbonyl (C=O) groups is 4. The molecule has 4 saturated heterocycles. The summed E-state index contributed by atoms with van der Waals surface area (Å²) in [5.74, 6) is 10.3. The molecule has 0 spiro atoms. The molecule has 0 radical (unpaired) electrons. The van der Waals surface area contributed by atoms with E-state index in [2.05, 4.69) is 45.1 Å². The number of carbonyl (C=O) groups excluding carboxylic acids is 3. The number of halogens is 1. The van der Waals surface area contributed by atoms with Gasteiger partial charge in [0.1, 0.15) is 36.6 Å². The zero-order valence-electron chi connectivity index (χ0n) is 55.2. The summed E-state index contributed by atoms with van der Waals surface area (Å²) in [4.78, 5) is 59.2. The SMILES string of the molecule is CC#C/C=C\C#C[C@H](O[C@@H]1O[C@H](C)[C@@H](NO[C@H]2C[C@H](O)[C@H](SC(=O)c3c(C)c(I)c(O[C@@H]4O[C@@H](C)[C@H](O)[C@@H](OC)[C@H]4O)c(OC)c3OC)[C@@H](C)O2)[C@@H](O)[C@H]1O[C@H]1C[C@H](OC)[C@@H](NCC)CO1)C1=C(NC(=O)OC)C(=O)C[C@](C)(O)/C1=C/CSSC(C)(C)CNCCC(=O)O. The minimum atomic E-state index is -1.86. The zero-order chi connectivity index (χ0) is 69.4. The van der Waals surface area contributed by atoms with Crippen molar-refractivity contribution in [1.82, 2.24) is 21.4 Å². The number of allylic oxidation sites excluding steroid dienone is 3. The first-order valence-electron chi connectivity index (χ1n) is 30.6. The topological polar surface area (TPSA) is 358 Å². The summed E-state index contributed by atoms with van der Waals surface area (Å²) in [5, 5.41) is 75.3. The van der Waals surface area contributed by atoms with Crippen LogP contribution in [0.2, 0.25) is 0 Å². The molecule has 19 atom stereocenters. The molecule has 1 aliphatic carbocycles. The molecular weight excluding hydrogens is 1400 g/mol. The van der Waals surface area contributed by atoms with Crippen molar-refractivity contribution >= 4 is 78.9 Å². The van der Waals surface area contributed by atoms with Crippen molar-refractivity contribution in [3.05, 3.63) is 49.8 Å². The maximum atomic E-state index is 14.5. The van der Waals surface area contributed by atoms with E-state index in [0.717, 1.165) is 18.9 Å². The number of benzene rings is 1. The predicted molar refractivity (Wildman–Crippen MR) is 357 cm³/mol. The zero-order valence-corrected chi connectivity index (χ0v) is 59.8. The number of hydroxylamine groups is 1. The lowest BCUT2D eigenvalue weighted by Crippen LogP contribution is -2.65. The fourth-order valence-corrected chi connectivity index (χ4v) is 15.3. The molecule has 27 nitrogen and oxygen atoms in total. The maximum absolute atomic E-state index is 14.5. The Morgan fingerprint density at radius 3 is 2.23 bits per heavy atom. The number of nitrogens with one attached hydrogen (secondary N) is 4. The quantitative estimate of drug-likeness (QED) is 0.0188. The molecule has 526 valence electrons. The van der Waals surface area contributed by atoms with Gasteiger partial charge in [0.05, 0.1) is 103 Å². The second kappa shape index (κ2) is 36.8. The predicted octanol–water partition coefficient (Wildman–Crippen LogP) is 3.79. The van der Waals surface area contributed by atoms with E-state index in [0.29, 0.717) is 22.2 Å². The highest BCUT2D eigenvalue weighted by Gasteiger charge is 2.52. The summed E-state index contributed by atoms with van der Waals surface area (Å²) in [5.41, 5.74) is 1.43. The first kappa shape index (κ1) is 79.1. The number of methoxy groups -OCH3 is 5. The Morgan fingerprint density at radius 2 is 1.60 bits per heavy atom. The number of amides is 1. The van der Waals surface area contributed by atoms with Gasteiger partial charge in [0.15, 0.2) is 36.2 Å². The Hall–Kier alpha value is -3.86. The molecule has 4 heterocycles. The number of carboxylic acid groups (broad SMARTS) is 1. The second-order valence-corrected chi connectivity index (χ2v) is 28.8. The number of ketones is 1. The fourth-order valence-electron chi connectivity index (χ4n) is 11.2. The molecule has 0 saturated carbocycles. The van der Waals surface area contributed by atoms with E-state index < -0.39 is 139 Å². The van der Waals surface area contributed by atoms with Gasteiger partial charge in [-0.2, -0.15) is 5.48 Å². The number of hydrogen-bond donors (Lipinski definition) is 10. The third kappa shape index (κ3) is 20.4. The minimum absolute atomic E-state index is 0.0140. The molecule has 1 aromatic rings. The first-order valence-corrected chi connectivity index (χ1v) is 34.9. The van der Waals surface area contributed by atoms with Crippen LogP contribution in [0.4, 0.5) is 4.79 Å². The lowest BCUT2D eigenvalue weighted by atomic mass is 9.76. The molecule has 31 heteroatoms. The minimum Gasteiger partial charge on any atom is -0.492 e. The van der Waals surface area contributed by atoms with Crippen molar-refractivity contribution in [3.63, 3.8) is 0 Å². The summed E-state index contributed by atoms with van der Waals surface area (Å²) < 4.78 is 72.6. The molecule has 0 aromatic heterocycles. The van der Waals surface area contributed by atoms with Gasteiger partial charge in [-0.1, -0.05) is 64.1 Å². The van der Waals surface area contributed by atoms with Crippen LogP contribution in [0.1, 0.15) is 97.0 Å². The average Bonchev–Trinajstić information content (AvgIpc) is 0.769. The summed E-state index contributed by atoms with van der Waals surface area (Å²) in [7, 11) is 9.68. The van der Waals surface area contributed by atoms with Gasteiger partial charge in [-0.3, -0.25) is 24.5 Å². The number of carboxylic acids is 1. The molecule has 4 fully saturated rings. The summed E-state index contributed by atoms with van der Waals surface area (Å²) in [6.45, 7) is 17.1. The highest BCUT2D eigenvalue weighted by molar-refractivity contribution is 14.1. The van der Waals surface area contributed by atoms with Crippen molar-refractivity contribution < 1.29 is 111 Å². The highest BCUT2D eigenvalue weighted by atomic mass is 127. The van der Waals surface area contributed by atoms with Gasteiger partial charge < -0.3 is 98.1 Å². The Bertz CT molecular complexity index is 2980. The van der Waals surface area contributed by atoms with E-state index >= 15 is 0 Å². The molecule has 94 heavy (non-hydrogen) atoms. The number of thioether (sulfide) groups is 1. The van der Waals surface area contributed by atoms with Gasteiger partial charge in [-0.05, 0) is 108 Å². The third-order valence-electron chi connectivity index (χ3n) is 16.1. The lowest BCUT2D eigenvalue weighted by Gasteiger charge is -2.46. The van der Waals surface area contributed by atoms with Crippen molar-refractivity contribution in [2.24, 2.45) is 0 Å². The highest BCUT2D eigenvalue weighted by Crippen LogP contribution is 2.49. The molecule has 4 aliphatic heterocycles. The smallest absolute Gasteiger partial charge is 0.411 e. The Morgan fingerprint density at radius 1 is 0.894 bits per heavy atom. The van der Waals surface area contributed by atoms with Gasteiger partial charge in [-0.25, -0.2) is 4.79 Å². The third-order valence-corrected chi connectivity index (χ3v) is 21.9. The van der Waals surface area contributed by atoms with Crippen LogP contribution in [0, 0.1) is 34.2 Å². The van der Waals surface area contributed by atoms with E-state index in [1.165, 1.54) is 62.0 Å². The number of alkyl carbamates (subject to hydrolysis) is 1. The van der Waals surface area contributed by atoms with Crippen LogP contribution in [-0.4, -0.2) is 241 Å². The Balaban J connectivity index is 1.28. The van der Waals surface area contributed by atoms with E-state index in [1.54, 1.807) is 47.8 Å². The molecule has 0 bridgehead atoms. The van der Waals surface area contributed by atoms with Crippen molar-refractivity contribution in [2.45, 2.75) is 208 Å². The molecule has 0 unspecified atom stereocenters. The van der Waals surface area contributed by atoms with Gasteiger partial charge in [0.2, 0.25) is 17.2 Å². The van der Waals surface area contributed by atoms with Crippen molar-refractivity contribution in [1.29, 1.82) is 0 Å². The maximum Gasteiger partial charge on any atom is 0.411 e. The van der Waals surface area contributed by atoms with Crippen LogP contribution in [-0.2, 0) is 57.1 Å². The Labute approximate surface area is 574 Å². The number of aliphatic hydroxyl groups is 5. The van der Waals surface area contributed by atoms with Gasteiger partial charge >= 0.3 is 12.1 Å². The number of ether oxygens (including phenoxy) is 12. The van der Waals surface area contributed by atoms with Crippen molar-refractivity contribution in [2.75, 3.05) is 67.5 Å².